The number of thioether (sulfide) groups is 1. The van der Waals surface area contributed by atoms with Crippen molar-refractivity contribution in [3.8, 4) is 11.1 Å². The number of H-pyrrole nitrogens is 1. The van der Waals surface area contributed by atoms with Gasteiger partial charge in [0.05, 0.1) is 18.1 Å². The molecule has 21 heavy (non-hydrogen) atoms. The predicted octanol–water partition coefficient (Wildman–Crippen LogP) is 1.96. The highest BCUT2D eigenvalue weighted by Gasteiger charge is 2.11. The molecule has 6 nitrogen and oxygen atoms in total. The fourth-order valence-corrected chi connectivity index (χ4v) is 3.36. The minimum atomic E-state index is 0.709. The van der Waals surface area contributed by atoms with Gasteiger partial charge in [-0.2, -0.15) is 10.2 Å². The lowest BCUT2D eigenvalue weighted by molar-refractivity contribution is 0.437. The molecule has 0 saturated carbocycles. The first-order valence-electron chi connectivity index (χ1n) is 6.68. The van der Waals surface area contributed by atoms with Crippen molar-refractivity contribution in [2.24, 2.45) is 0 Å². The molecule has 0 bridgehead atoms. The number of nitrogens with two attached hydrogens (primary N) is 1. The van der Waals surface area contributed by atoms with E-state index in [0.717, 1.165) is 33.8 Å². The van der Waals surface area contributed by atoms with Gasteiger partial charge < -0.3 is 10.6 Å². The van der Waals surface area contributed by atoms with Crippen LogP contribution < -0.4 is 5.73 Å². The molecular weight excluding hydrogens is 284 g/mol. The van der Waals surface area contributed by atoms with Gasteiger partial charge >= 0.3 is 0 Å². The number of aromatic nitrogens is 4. The maximum Gasteiger partial charge on any atom is 0.103 e. The van der Waals surface area contributed by atoms with Crippen molar-refractivity contribution >= 4 is 23.0 Å². The van der Waals surface area contributed by atoms with Gasteiger partial charge in [0.2, 0.25) is 0 Å². The molecule has 0 unspecified atom stereocenters. The molecule has 3 aromatic heterocycles. The molecule has 7 heteroatoms. The van der Waals surface area contributed by atoms with Crippen LogP contribution in [0.25, 0.3) is 16.6 Å². The van der Waals surface area contributed by atoms with Crippen LogP contribution in [0, 0.1) is 0 Å². The number of nitrogens with zero attached hydrogens (tertiary/aromatic N) is 4. The van der Waals surface area contributed by atoms with E-state index in [2.05, 4.69) is 40.4 Å². The zero-order valence-corrected chi connectivity index (χ0v) is 12.9. The number of aromatic amines is 1. The number of rotatable bonds is 5. The van der Waals surface area contributed by atoms with E-state index in [1.54, 1.807) is 18.0 Å². The monoisotopic (exact) mass is 302 g/mol. The highest BCUT2D eigenvalue weighted by Crippen LogP contribution is 2.32. The van der Waals surface area contributed by atoms with Crippen molar-refractivity contribution in [1.82, 2.24) is 24.7 Å². The lowest BCUT2D eigenvalue weighted by Gasteiger charge is -2.11. The first-order chi connectivity index (χ1) is 10.1. The zero-order valence-electron chi connectivity index (χ0n) is 12.1. The quantitative estimate of drug-likeness (QED) is 0.705. The molecule has 3 aromatic rings. The van der Waals surface area contributed by atoms with Crippen LogP contribution >= 0.6 is 11.8 Å². The van der Waals surface area contributed by atoms with E-state index in [1.165, 1.54) is 0 Å². The molecule has 0 spiro atoms. The molecule has 0 radical (unpaired) electrons. The molecule has 0 aromatic carbocycles. The summed E-state index contributed by atoms with van der Waals surface area (Å²) in [6.07, 6.45) is 7.36. The van der Waals surface area contributed by atoms with Crippen molar-refractivity contribution in [3.63, 3.8) is 0 Å². The topological polar surface area (TPSA) is 75.2 Å². The molecule has 3 rings (SSSR count). The van der Waals surface area contributed by atoms with Crippen molar-refractivity contribution in [2.75, 3.05) is 32.1 Å². The summed E-state index contributed by atoms with van der Waals surface area (Å²) < 4.78 is 1.84. The van der Waals surface area contributed by atoms with Crippen molar-refractivity contribution in [3.05, 3.63) is 30.9 Å². The van der Waals surface area contributed by atoms with Crippen LogP contribution in [0.4, 0.5) is 5.69 Å². The Morgan fingerprint density at radius 3 is 2.90 bits per heavy atom. The van der Waals surface area contributed by atoms with Gasteiger partial charge in [-0.1, -0.05) is 0 Å². The molecule has 3 heterocycles. The number of nitrogens with one attached hydrogen (secondary N) is 1. The number of pyridine rings is 1. The van der Waals surface area contributed by atoms with E-state index in [0.29, 0.717) is 5.69 Å². The van der Waals surface area contributed by atoms with E-state index in [1.807, 2.05) is 23.1 Å². The van der Waals surface area contributed by atoms with E-state index in [4.69, 9.17) is 5.73 Å². The summed E-state index contributed by atoms with van der Waals surface area (Å²) in [4.78, 5) is 3.31. The number of nitrogen functional groups attached to an aromatic ring is 1. The summed E-state index contributed by atoms with van der Waals surface area (Å²) in [5, 5.41) is 11.2. The van der Waals surface area contributed by atoms with Gasteiger partial charge in [0.15, 0.2) is 0 Å². The van der Waals surface area contributed by atoms with Crippen LogP contribution in [0.2, 0.25) is 0 Å². The van der Waals surface area contributed by atoms with Gasteiger partial charge in [-0.15, -0.1) is 11.8 Å². The lowest BCUT2D eigenvalue weighted by Crippen LogP contribution is -2.14. The Morgan fingerprint density at radius 1 is 1.33 bits per heavy atom. The van der Waals surface area contributed by atoms with E-state index >= 15 is 0 Å². The molecule has 0 saturated heterocycles. The largest absolute Gasteiger partial charge is 0.396 e. The maximum atomic E-state index is 6.05. The van der Waals surface area contributed by atoms with Crippen LogP contribution in [0.1, 0.15) is 0 Å². The zero-order chi connectivity index (χ0) is 14.8. The molecular formula is C14H18N6S. The smallest absolute Gasteiger partial charge is 0.103 e. The van der Waals surface area contributed by atoms with Crippen LogP contribution in [0.15, 0.2) is 35.7 Å². The first-order valence-corrected chi connectivity index (χ1v) is 7.67. The van der Waals surface area contributed by atoms with Gasteiger partial charge in [0.25, 0.3) is 0 Å². The first kappa shape index (κ1) is 14.0. The van der Waals surface area contributed by atoms with E-state index < -0.39 is 0 Å². The minimum absolute atomic E-state index is 0.709. The second-order valence-electron chi connectivity index (χ2n) is 5.12. The molecule has 0 atom stereocenters. The van der Waals surface area contributed by atoms with E-state index in [-0.39, 0.29) is 0 Å². The Labute approximate surface area is 127 Å². The number of fused-ring (bicyclic) bond motifs is 1. The summed E-state index contributed by atoms with van der Waals surface area (Å²) in [7, 11) is 4.15. The normalized spacial score (nSPS) is 11.6. The van der Waals surface area contributed by atoms with Gasteiger partial charge in [0, 0.05) is 40.7 Å². The van der Waals surface area contributed by atoms with Gasteiger partial charge in [-0.25, -0.2) is 4.52 Å². The second-order valence-corrected chi connectivity index (χ2v) is 6.26. The average Bonchev–Trinajstić information content (AvgIpc) is 3.08. The predicted molar refractivity (Wildman–Crippen MR) is 86.5 cm³/mol. The third-order valence-corrected chi connectivity index (χ3v) is 4.24. The number of hydrogen-bond donors (Lipinski definition) is 2. The van der Waals surface area contributed by atoms with Crippen LogP contribution in [-0.2, 0) is 0 Å². The Bertz CT molecular complexity index is 731. The average molecular weight is 302 g/mol. The van der Waals surface area contributed by atoms with Crippen LogP contribution in [0.3, 0.4) is 0 Å². The SMILES string of the molecule is CN(C)CCSc1cc(-c2cn[nH]c2)cn2ncc(N)c12. The summed E-state index contributed by atoms with van der Waals surface area (Å²) in [6.45, 7) is 1.01. The van der Waals surface area contributed by atoms with Gasteiger partial charge in [-0.3, -0.25) is 5.10 Å². The van der Waals surface area contributed by atoms with Crippen molar-refractivity contribution in [1.29, 1.82) is 0 Å². The Hall–Kier alpha value is -1.99. The fraction of sp³-hybridized carbons (Fsp3) is 0.286. The van der Waals surface area contributed by atoms with Crippen LogP contribution in [-0.4, -0.2) is 51.1 Å². The third-order valence-electron chi connectivity index (χ3n) is 3.23. The Kier molecular flexibility index (Phi) is 3.85. The van der Waals surface area contributed by atoms with Crippen molar-refractivity contribution < 1.29 is 0 Å². The van der Waals surface area contributed by atoms with Gasteiger partial charge in [0.1, 0.15) is 5.52 Å². The minimum Gasteiger partial charge on any atom is -0.396 e. The second kappa shape index (κ2) is 5.79. The molecule has 0 aliphatic rings. The molecule has 3 N–H and O–H groups in total. The maximum absolute atomic E-state index is 6.05. The summed E-state index contributed by atoms with van der Waals surface area (Å²) >= 11 is 1.80. The summed E-state index contributed by atoms with van der Waals surface area (Å²) in [6, 6.07) is 2.15. The molecule has 110 valence electrons. The molecule has 0 aliphatic carbocycles. The fourth-order valence-electron chi connectivity index (χ4n) is 2.12. The Balaban J connectivity index is 2.00. The standard InChI is InChI=1S/C14H18N6S/c1-19(2)3-4-21-13-5-10(11-6-16-17-7-11)9-20-14(13)12(15)8-18-20/h5-9H,3-4,15H2,1-2H3,(H,16,17). The Morgan fingerprint density at radius 2 is 2.19 bits per heavy atom. The lowest BCUT2D eigenvalue weighted by atomic mass is 10.1. The summed E-state index contributed by atoms with van der Waals surface area (Å²) in [5.41, 5.74) is 9.86. The van der Waals surface area contributed by atoms with Crippen LogP contribution in [0.5, 0.6) is 0 Å². The molecule has 0 fully saturated rings. The molecule has 0 amide bonds. The molecule has 0 aliphatic heterocycles. The third kappa shape index (κ3) is 2.88. The number of hydrogen-bond acceptors (Lipinski definition) is 5. The summed E-state index contributed by atoms with van der Waals surface area (Å²) in [5.74, 6) is 1.00. The highest BCUT2D eigenvalue weighted by atomic mass is 32.2. The highest BCUT2D eigenvalue weighted by molar-refractivity contribution is 7.99. The van der Waals surface area contributed by atoms with E-state index in [9.17, 15) is 0 Å². The number of anilines is 1. The van der Waals surface area contributed by atoms with Gasteiger partial charge in [-0.05, 0) is 20.2 Å². The van der Waals surface area contributed by atoms with Crippen molar-refractivity contribution in [2.45, 2.75) is 4.90 Å².